The first-order valence-corrected chi connectivity index (χ1v) is 8.28. The zero-order valence-corrected chi connectivity index (χ0v) is 13.6. The summed E-state index contributed by atoms with van der Waals surface area (Å²) in [5.41, 5.74) is 2.75. The molecule has 1 unspecified atom stereocenters. The number of rotatable bonds is 6. The second-order valence-electron chi connectivity index (χ2n) is 6.31. The molecule has 0 saturated heterocycles. The topological polar surface area (TPSA) is 48.3 Å². The van der Waals surface area contributed by atoms with E-state index >= 15 is 0 Å². The molecular weight excluding hydrogens is 290 g/mol. The van der Waals surface area contributed by atoms with Crippen LogP contribution < -0.4 is 0 Å². The first-order valence-electron chi connectivity index (χ1n) is 8.28. The summed E-state index contributed by atoms with van der Waals surface area (Å²) in [6, 6.07) is 8.64. The van der Waals surface area contributed by atoms with Crippen LogP contribution in [-0.2, 0) is 11.3 Å². The van der Waals surface area contributed by atoms with Crippen molar-refractivity contribution < 1.29 is 9.94 Å². The molecule has 5 heteroatoms. The van der Waals surface area contributed by atoms with Gasteiger partial charge in [-0.3, -0.25) is 0 Å². The largest absolute Gasteiger partial charge is 0.411 e. The minimum Gasteiger partial charge on any atom is -0.411 e. The normalized spacial score (nSPS) is 21.9. The van der Waals surface area contributed by atoms with E-state index < -0.39 is 0 Å². The highest BCUT2D eigenvalue weighted by Gasteiger charge is 2.23. The van der Waals surface area contributed by atoms with Crippen LogP contribution in [0.1, 0.15) is 42.7 Å². The van der Waals surface area contributed by atoms with Crippen LogP contribution in [0.15, 0.2) is 41.8 Å². The van der Waals surface area contributed by atoms with Gasteiger partial charge in [0.1, 0.15) is 12.9 Å². The lowest BCUT2D eigenvalue weighted by Crippen LogP contribution is -2.39. The van der Waals surface area contributed by atoms with Crippen molar-refractivity contribution in [2.45, 2.75) is 44.4 Å². The fourth-order valence-corrected chi connectivity index (χ4v) is 3.53. The maximum absolute atomic E-state index is 8.77. The van der Waals surface area contributed by atoms with Crippen molar-refractivity contribution in [3.05, 3.63) is 47.8 Å². The van der Waals surface area contributed by atoms with Gasteiger partial charge in [0.2, 0.25) is 0 Å². The second kappa shape index (κ2) is 7.51. The standard InChI is InChI=1S/C18H25N3O2/c1-20-10-11-21(18(20)12-19-22)14-23-13-16-8-4-5-9-17(16)15-6-2-3-7-15/h4-5,8-12,15,18,22H,2-3,6-7,13-14H2,1H3/b19-12-. The lowest BCUT2D eigenvalue weighted by molar-refractivity contribution is 0.0243. The SMILES string of the molecule is CN1C=CN(COCc2ccccc2C2CCCC2)C1/C=N\O. The fourth-order valence-electron chi connectivity index (χ4n) is 3.53. The first kappa shape index (κ1) is 15.9. The third-order valence-electron chi connectivity index (χ3n) is 4.80. The van der Waals surface area contributed by atoms with Gasteiger partial charge in [0.25, 0.3) is 0 Å². The molecule has 3 rings (SSSR count). The van der Waals surface area contributed by atoms with E-state index in [1.165, 1.54) is 43.0 Å². The number of oxime groups is 1. The third-order valence-corrected chi connectivity index (χ3v) is 4.80. The molecule has 1 aromatic carbocycles. The van der Waals surface area contributed by atoms with Gasteiger partial charge in [-0.1, -0.05) is 42.3 Å². The smallest absolute Gasteiger partial charge is 0.142 e. The summed E-state index contributed by atoms with van der Waals surface area (Å²) < 4.78 is 5.93. The maximum atomic E-state index is 8.77. The summed E-state index contributed by atoms with van der Waals surface area (Å²) in [5.74, 6) is 0.696. The van der Waals surface area contributed by atoms with Crippen LogP contribution in [0.2, 0.25) is 0 Å². The molecule has 1 saturated carbocycles. The van der Waals surface area contributed by atoms with Crippen LogP contribution in [0.3, 0.4) is 0 Å². The molecule has 0 bridgehead atoms. The molecule has 124 valence electrons. The molecule has 1 N–H and O–H groups in total. The summed E-state index contributed by atoms with van der Waals surface area (Å²) in [6.07, 6.45) is 10.6. The molecule has 1 aromatic rings. The Morgan fingerprint density at radius 2 is 2.04 bits per heavy atom. The lowest BCUT2D eigenvalue weighted by Gasteiger charge is -2.26. The van der Waals surface area contributed by atoms with E-state index in [1.54, 1.807) is 0 Å². The number of benzene rings is 1. The quantitative estimate of drug-likeness (QED) is 0.497. The fraction of sp³-hybridized carbons (Fsp3) is 0.500. The van der Waals surface area contributed by atoms with E-state index in [4.69, 9.17) is 9.94 Å². The molecule has 1 heterocycles. The van der Waals surface area contributed by atoms with Crippen molar-refractivity contribution in [3.8, 4) is 0 Å². The van der Waals surface area contributed by atoms with Gasteiger partial charge in [-0.05, 0) is 29.9 Å². The molecule has 23 heavy (non-hydrogen) atoms. The number of nitrogens with zero attached hydrogens (tertiary/aromatic N) is 3. The average molecular weight is 315 g/mol. The molecule has 2 aliphatic rings. The molecule has 1 aliphatic carbocycles. The Labute approximate surface area is 137 Å². The van der Waals surface area contributed by atoms with Crippen molar-refractivity contribution in [1.82, 2.24) is 9.80 Å². The highest BCUT2D eigenvalue weighted by molar-refractivity contribution is 5.64. The molecule has 0 spiro atoms. The Balaban J connectivity index is 1.58. The Kier molecular flexibility index (Phi) is 5.18. The van der Waals surface area contributed by atoms with Crippen molar-refractivity contribution >= 4 is 6.21 Å². The summed E-state index contributed by atoms with van der Waals surface area (Å²) in [6.45, 7) is 1.08. The van der Waals surface area contributed by atoms with E-state index in [-0.39, 0.29) is 6.17 Å². The monoisotopic (exact) mass is 315 g/mol. The van der Waals surface area contributed by atoms with E-state index in [0.29, 0.717) is 19.3 Å². The Morgan fingerprint density at radius 1 is 1.26 bits per heavy atom. The molecule has 5 nitrogen and oxygen atoms in total. The highest BCUT2D eigenvalue weighted by atomic mass is 16.5. The first-order chi connectivity index (χ1) is 11.3. The number of hydrogen-bond acceptors (Lipinski definition) is 5. The van der Waals surface area contributed by atoms with Gasteiger partial charge in [0, 0.05) is 19.4 Å². The number of hydrogen-bond donors (Lipinski definition) is 1. The Hall–Kier alpha value is -2.01. The van der Waals surface area contributed by atoms with Gasteiger partial charge in [0.05, 0.1) is 12.8 Å². The Morgan fingerprint density at radius 3 is 2.83 bits per heavy atom. The van der Waals surface area contributed by atoms with Gasteiger partial charge in [-0.2, -0.15) is 0 Å². The van der Waals surface area contributed by atoms with Crippen molar-refractivity contribution in [1.29, 1.82) is 0 Å². The molecule has 1 fully saturated rings. The average Bonchev–Trinajstić information content (AvgIpc) is 3.21. The summed E-state index contributed by atoms with van der Waals surface area (Å²) >= 11 is 0. The number of ether oxygens (including phenoxy) is 1. The summed E-state index contributed by atoms with van der Waals surface area (Å²) in [7, 11) is 1.94. The van der Waals surface area contributed by atoms with Gasteiger partial charge in [0.15, 0.2) is 0 Å². The van der Waals surface area contributed by atoms with Gasteiger partial charge >= 0.3 is 0 Å². The predicted octanol–water partition coefficient (Wildman–Crippen LogP) is 3.32. The van der Waals surface area contributed by atoms with Gasteiger partial charge in [-0.15, -0.1) is 0 Å². The molecule has 1 atom stereocenters. The summed E-state index contributed by atoms with van der Waals surface area (Å²) in [4.78, 5) is 3.97. The lowest BCUT2D eigenvalue weighted by atomic mass is 9.93. The molecular formula is C18H25N3O2. The van der Waals surface area contributed by atoms with Gasteiger partial charge in [-0.25, -0.2) is 0 Å². The Bertz CT molecular complexity index is 567. The third kappa shape index (κ3) is 3.67. The van der Waals surface area contributed by atoms with Crippen LogP contribution in [0.5, 0.6) is 0 Å². The molecule has 0 aromatic heterocycles. The van der Waals surface area contributed by atoms with Crippen LogP contribution >= 0.6 is 0 Å². The second-order valence-corrected chi connectivity index (χ2v) is 6.31. The zero-order valence-electron chi connectivity index (χ0n) is 13.6. The van der Waals surface area contributed by atoms with E-state index in [2.05, 4.69) is 29.4 Å². The maximum Gasteiger partial charge on any atom is 0.142 e. The highest BCUT2D eigenvalue weighted by Crippen LogP contribution is 2.35. The van der Waals surface area contributed by atoms with Crippen LogP contribution in [0.4, 0.5) is 0 Å². The summed E-state index contributed by atoms with van der Waals surface area (Å²) in [5, 5.41) is 11.9. The zero-order chi connectivity index (χ0) is 16.1. The van der Waals surface area contributed by atoms with Crippen molar-refractivity contribution in [2.24, 2.45) is 5.16 Å². The van der Waals surface area contributed by atoms with E-state index in [0.717, 1.165) is 0 Å². The van der Waals surface area contributed by atoms with Crippen LogP contribution in [-0.4, -0.2) is 41.2 Å². The minimum atomic E-state index is -0.0925. The van der Waals surface area contributed by atoms with Gasteiger partial charge < -0.3 is 19.7 Å². The van der Waals surface area contributed by atoms with Crippen molar-refractivity contribution in [2.75, 3.05) is 13.8 Å². The minimum absolute atomic E-state index is 0.0925. The molecule has 0 radical (unpaired) electrons. The predicted molar refractivity (Wildman–Crippen MR) is 90.1 cm³/mol. The van der Waals surface area contributed by atoms with Crippen molar-refractivity contribution in [3.63, 3.8) is 0 Å². The van der Waals surface area contributed by atoms with E-state index in [1.807, 2.05) is 29.2 Å². The molecule has 1 aliphatic heterocycles. The van der Waals surface area contributed by atoms with E-state index in [9.17, 15) is 0 Å². The van der Waals surface area contributed by atoms with Crippen LogP contribution in [0, 0.1) is 0 Å². The molecule has 0 amide bonds. The van der Waals surface area contributed by atoms with Crippen LogP contribution in [0.25, 0.3) is 0 Å².